The number of pyridine rings is 1. The van der Waals surface area contributed by atoms with Gasteiger partial charge in [0.2, 0.25) is 5.95 Å². The molecule has 1 aromatic heterocycles. The molecule has 0 bridgehead atoms. The molecule has 0 N–H and O–H groups in total. The number of hydrogen-bond donors (Lipinski definition) is 0. The summed E-state index contributed by atoms with van der Waals surface area (Å²) in [4.78, 5) is 14.0. The number of Topliss-reactive ketones (excluding diaryl/α,β-unsaturated/α-hetero) is 1. The summed E-state index contributed by atoms with van der Waals surface area (Å²) in [7, 11) is 0. The van der Waals surface area contributed by atoms with Crippen LogP contribution in [0.15, 0.2) is 18.3 Å². The first-order valence-corrected chi connectivity index (χ1v) is 3.28. The molecule has 0 aliphatic carbocycles. The molecule has 11 heavy (non-hydrogen) atoms. The van der Waals surface area contributed by atoms with Crippen LogP contribution in [0.5, 0.6) is 0 Å². The molecule has 0 aliphatic rings. The molecule has 1 rings (SSSR count). The number of halogens is 1. The predicted octanol–water partition coefficient (Wildman–Crippen LogP) is 1.35. The molecule has 0 atom stereocenters. The lowest BCUT2D eigenvalue weighted by molar-refractivity contribution is -0.116. The van der Waals surface area contributed by atoms with Gasteiger partial charge < -0.3 is 0 Å². The first-order chi connectivity index (χ1) is 5.18. The van der Waals surface area contributed by atoms with Gasteiger partial charge in [0, 0.05) is 12.6 Å². The fourth-order valence-electron chi connectivity index (χ4n) is 0.798. The minimum Gasteiger partial charge on any atom is -0.300 e. The SMILES string of the molecule is CC(=O)Cc1ccc(F)nc1. The van der Waals surface area contributed by atoms with Gasteiger partial charge in [-0.3, -0.25) is 4.79 Å². The van der Waals surface area contributed by atoms with Gasteiger partial charge in [-0.05, 0) is 18.6 Å². The van der Waals surface area contributed by atoms with Crippen LogP contribution in [0.4, 0.5) is 4.39 Å². The van der Waals surface area contributed by atoms with Crippen LogP contribution in [0.3, 0.4) is 0 Å². The Bertz CT molecular complexity index is 255. The van der Waals surface area contributed by atoms with Crippen LogP contribution < -0.4 is 0 Å². The average Bonchev–Trinajstić information content (AvgIpc) is 1.93. The lowest BCUT2D eigenvalue weighted by Gasteiger charge is -1.94. The maximum absolute atomic E-state index is 12.2. The van der Waals surface area contributed by atoms with E-state index in [-0.39, 0.29) is 5.78 Å². The van der Waals surface area contributed by atoms with E-state index in [2.05, 4.69) is 4.98 Å². The number of aromatic nitrogens is 1. The van der Waals surface area contributed by atoms with E-state index in [4.69, 9.17) is 0 Å². The van der Waals surface area contributed by atoms with Gasteiger partial charge in [-0.15, -0.1) is 0 Å². The summed E-state index contributed by atoms with van der Waals surface area (Å²) in [5.74, 6) is -0.462. The monoisotopic (exact) mass is 153 g/mol. The lowest BCUT2D eigenvalue weighted by Crippen LogP contribution is -1.96. The Balaban J connectivity index is 2.74. The van der Waals surface area contributed by atoms with Gasteiger partial charge >= 0.3 is 0 Å². The molecule has 0 unspecified atom stereocenters. The summed E-state index contributed by atoms with van der Waals surface area (Å²) in [5.41, 5.74) is 0.749. The van der Waals surface area contributed by atoms with Crippen LogP contribution in [0, 0.1) is 5.95 Å². The highest BCUT2D eigenvalue weighted by Crippen LogP contribution is 1.99. The Labute approximate surface area is 64.1 Å². The van der Waals surface area contributed by atoms with E-state index in [1.54, 1.807) is 6.07 Å². The standard InChI is InChI=1S/C8H8FNO/c1-6(11)4-7-2-3-8(9)10-5-7/h2-3,5H,4H2,1H3. The predicted molar refractivity (Wildman–Crippen MR) is 38.6 cm³/mol. The largest absolute Gasteiger partial charge is 0.300 e. The second-order valence-electron chi connectivity index (χ2n) is 2.37. The van der Waals surface area contributed by atoms with Gasteiger partial charge in [0.15, 0.2) is 0 Å². The van der Waals surface area contributed by atoms with Crippen molar-refractivity contribution in [2.24, 2.45) is 0 Å². The zero-order valence-corrected chi connectivity index (χ0v) is 6.17. The molecule has 1 aromatic rings. The van der Waals surface area contributed by atoms with Crippen LogP contribution in [0.2, 0.25) is 0 Å². The van der Waals surface area contributed by atoms with Gasteiger partial charge in [-0.2, -0.15) is 4.39 Å². The molecule has 0 amide bonds. The first kappa shape index (κ1) is 7.85. The molecular weight excluding hydrogens is 145 g/mol. The Morgan fingerprint density at radius 3 is 2.82 bits per heavy atom. The maximum atomic E-state index is 12.2. The van der Waals surface area contributed by atoms with Crippen molar-refractivity contribution in [3.05, 3.63) is 29.8 Å². The van der Waals surface area contributed by atoms with Crippen molar-refractivity contribution >= 4 is 5.78 Å². The number of rotatable bonds is 2. The number of carbonyl (C=O) groups is 1. The van der Waals surface area contributed by atoms with Crippen LogP contribution in [-0.4, -0.2) is 10.8 Å². The number of carbonyl (C=O) groups excluding carboxylic acids is 1. The Kier molecular flexibility index (Phi) is 2.31. The normalized spacial score (nSPS) is 9.64. The molecule has 0 aromatic carbocycles. The van der Waals surface area contributed by atoms with E-state index in [1.165, 1.54) is 19.2 Å². The maximum Gasteiger partial charge on any atom is 0.212 e. The van der Waals surface area contributed by atoms with Crippen LogP contribution in [0.1, 0.15) is 12.5 Å². The Morgan fingerprint density at radius 1 is 1.64 bits per heavy atom. The molecule has 0 radical (unpaired) electrons. The molecule has 0 saturated heterocycles. The molecule has 0 spiro atoms. The molecule has 1 heterocycles. The van der Waals surface area contributed by atoms with Crippen molar-refractivity contribution in [1.82, 2.24) is 4.98 Å². The van der Waals surface area contributed by atoms with Crippen molar-refractivity contribution in [3.8, 4) is 0 Å². The van der Waals surface area contributed by atoms with E-state index in [0.717, 1.165) is 5.56 Å². The smallest absolute Gasteiger partial charge is 0.212 e. The van der Waals surface area contributed by atoms with Crippen molar-refractivity contribution in [2.45, 2.75) is 13.3 Å². The van der Waals surface area contributed by atoms with E-state index >= 15 is 0 Å². The molecule has 0 saturated carbocycles. The zero-order chi connectivity index (χ0) is 8.27. The zero-order valence-electron chi connectivity index (χ0n) is 6.17. The number of nitrogens with zero attached hydrogens (tertiary/aromatic N) is 1. The molecule has 58 valence electrons. The highest BCUT2D eigenvalue weighted by Gasteiger charge is 1.97. The van der Waals surface area contributed by atoms with Crippen LogP contribution >= 0.6 is 0 Å². The van der Waals surface area contributed by atoms with Crippen molar-refractivity contribution in [2.75, 3.05) is 0 Å². The summed E-state index contributed by atoms with van der Waals surface area (Å²) < 4.78 is 12.2. The number of ketones is 1. The van der Waals surface area contributed by atoms with Gasteiger partial charge in [0.25, 0.3) is 0 Å². The van der Waals surface area contributed by atoms with Crippen molar-refractivity contribution in [1.29, 1.82) is 0 Å². The first-order valence-electron chi connectivity index (χ1n) is 3.28. The van der Waals surface area contributed by atoms with Crippen molar-refractivity contribution in [3.63, 3.8) is 0 Å². The fraction of sp³-hybridized carbons (Fsp3) is 0.250. The quantitative estimate of drug-likeness (QED) is 0.600. The van der Waals surface area contributed by atoms with Gasteiger partial charge in [0.05, 0.1) is 0 Å². The Hall–Kier alpha value is -1.25. The second-order valence-corrected chi connectivity index (χ2v) is 2.37. The summed E-state index contributed by atoms with van der Waals surface area (Å²) in [5, 5.41) is 0. The molecule has 0 fully saturated rings. The minimum absolute atomic E-state index is 0.0541. The summed E-state index contributed by atoms with van der Waals surface area (Å²) in [6, 6.07) is 2.81. The highest BCUT2D eigenvalue weighted by atomic mass is 19.1. The van der Waals surface area contributed by atoms with Crippen LogP contribution in [-0.2, 0) is 11.2 Å². The topological polar surface area (TPSA) is 30.0 Å². The summed E-state index contributed by atoms with van der Waals surface area (Å²) in [6.07, 6.45) is 1.70. The van der Waals surface area contributed by atoms with Crippen molar-refractivity contribution < 1.29 is 9.18 Å². The average molecular weight is 153 g/mol. The number of hydrogen-bond acceptors (Lipinski definition) is 2. The minimum atomic E-state index is -0.516. The van der Waals surface area contributed by atoms with E-state index < -0.39 is 5.95 Å². The third-order valence-corrected chi connectivity index (χ3v) is 1.24. The summed E-state index contributed by atoms with van der Waals surface area (Å²) in [6.45, 7) is 1.49. The van der Waals surface area contributed by atoms with Crippen LogP contribution in [0.25, 0.3) is 0 Å². The highest BCUT2D eigenvalue weighted by molar-refractivity contribution is 5.77. The second kappa shape index (κ2) is 3.23. The molecular formula is C8H8FNO. The molecule has 0 aliphatic heterocycles. The van der Waals surface area contributed by atoms with Gasteiger partial charge in [0.1, 0.15) is 5.78 Å². The van der Waals surface area contributed by atoms with Gasteiger partial charge in [-0.25, -0.2) is 4.98 Å². The summed E-state index contributed by atoms with van der Waals surface area (Å²) >= 11 is 0. The third-order valence-electron chi connectivity index (χ3n) is 1.24. The Morgan fingerprint density at radius 2 is 2.36 bits per heavy atom. The lowest BCUT2D eigenvalue weighted by atomic mass is 10.2. The molecule has 3 heteroatoms. The van der Waals surface area contributed by atoms with E-state index in [1.807, 2.05) is 0 Å². The van der Waals surface area contributed by atoms with E-state index in [9.17, 15) is 9.18 Å². The third kappa shape index (κ3) is 2.45. The van der Waals surface area contributed by atoms with E-state index in [0.29, 0.717) is 6.42 Å². The van der Waals surface area contributed by atoms with Gasteiger partial charge in [-0.1, -0.05) is 6.07 Å². The molecule has 2 nitrogen and oxygen atoms in total. The fourth-order valence-corrected chi connectivity index (χ4v) is 0.798.